The van der Waals surface area contributed by atoms with Gasteiger partial charge in [0.2, 0.25) is 0 Å². The summed E-state index contributed by atoms with van der Waals surface area (Å²) in [6, 6.07) is 2.34. The van der Waals surface area contributed by atoms with Gasteiger partial charge in [-0.05, 0) is 69.2 Å². The summed E-state index contributed by atoms with van der Waals surface area (Å²) in [6.45, 7) is 10.5. The summed E-state index contributed by atoms with van der Waals surface area (Å²) < 4.78 is 6.35. The monoisotopic (exact) mass is 290 g/mol. The minimum atomic E-state index is -0.0783. The van der Waals surface area contributed by atoms with E-state index < -0.39 is 0 Å². The van der Waals surface area contributed by atoms with E-state index in [1.54, 1.807) is 0 Å². The molecule has 118 valence electrons. The van der Waals surface area contributed by atoms with Gasteiger partial charge < -0.3 is 10.1 Å². The van der Waals surface area contributed by atoms with Crippen LogP contribution in [0.4, 0.5) is 0 Å². The molecule has 1 fully saturated rings. The molecule has 0 radical (unpaired) electrons. The van der Waals surface area contributed by atoms with Crippen molar-refractivity contribution in [3.8, 4) is 0 Å². The van der Waals surface area contributed by atoms with Gasteiger partial charge in [0.1, 0.15) is 0 Å². The minimum Gasteiger partial charge on any atom is -0.373 e. The lowest BCUT2D eigenvalue weighted by molar-refractivity contribution is -0.0975. The Morgan fingerprint density at radius 2 is 2.10 bits per heavy atom. The molecule has 2 rings (SSSR count). The normalized spacial score (nSPS) is 27.5. The van der Waals surface area contributed by atoms with E-state index in [4.69, 9.17) is 4.74 Å². The summed E-state index contributed by atoms with van der Waals surface area (Å²) in [5, 5.41) is 3.68. The smallest absolute Gasteiger partial charge is 0.0877 e. The number of pyridine rings is 1. The zero-order chi connectivity index (χ0) is 15.3. The highest BCUT2D eigenvalue weighted by Gasteiger charge is 2.43. The van der Waals surface area contributed by atoms with Crippen LogP contribution in [-0.2, 0) is 4.74 Å². The second kappa shape index (κ2) is 7.37. The average molecular weight is 290 g/mol. The van der Waals surface area contributed by atoms with E-state index >= 15 is 0 Å². The molecule has 0 saturated heterocycles. The van der Waals surface area contributed by atoms with Crippen LogP contribution in [0.15, 0.2) is 18.5 Å². The Morgan fingerprint density at radius 3 is 2.67 bits per heavy atom. The maximum atomic E-state index is 6.35. The molecule has 0 amide bonds. The zero-order valence-electron chi connectivity index (χ0n) is 14.0. The van der Waals surface area contributed by atoms with Gasteiger partial charge in [-0.25, -0.2) is 0 Å². The molecule has 1 aliphatic rings. The Hall–Kier alpha value is -0.930. The van der Waals surface area contributed by atoms with Crippen LogP contribution in [0, 0.1) is 12.8 Å². The van der Waals surface area contributed by atoms with E-state index in [0.717, 1.165) is 31.9 Å². The molecule has 1 atom stereocenters. The van der Waals surface area contributed by atoms with Gasteiger partial charge in [0, 0.05) is 19.0 Å². The van der Waals surface area contributed by atoms with E-state index in [-0.39, 0.29) is 11.6 Å². The van der Waals surface area contributed by atoms with Crippen LogP contribution in [-0.4, -0.2) is 23.7 Å². The van der Waals surface area contributed by atoms with Crippen LogP contribution in [0.25, 0.3) is 0 Å². The van der Waals surface area contributed by atoms with E-state index in [0.29, 0.717) is 0 Å². The summed E-state index contributed by atoms with van der Waals surface area (Å²) in [7, 11) is 0. The van der Waals surface area contributed by atoms with Crippen molar-refractivity contribution < 1.29 is 4.74 Å². The molecule has 0 aromatic carbocycles. The number of hydrogen-bond acceptors (Lipinski definition) is 3. The molecule has 3 heteroatoms. The largest absolute Gasteiger partial charge is 0.373 e. The van der Waals surface area contributed by atoms with Gasteiger partial charge in [-0.2, -0.15) is 0 Å². The zero-order valence-corrected chi connectivity index (χ0v) is 14.0. The molecule has 0 spiro atoms. The number of aryl methyl sites for hydroxylation is 1. The summed E-state index contributed by atoms with van der Waals surface area (Å²) >= 11 is 0. The van der Waals surface area contributed by atoms with Crippen molar-refractivity contribution in [3.05, 3.63) is 29.6 Å². The van der Waals surface area contributed by atoms with Crippen LogP contribution in [0.2, 0.25) is 0 Å². The molecule has 1 aromatic rings. The van der Waals surface area contributed by atoms with E-state index in [1.807, 2.05) is 12.4 Å². The molecule has 0 bridgehead atoms. The fourth-order valence-corrected chi connectivity index (χ4v) is 3.62. The molecule has 21 heavy (non-hydrogen) atoms. The van der Waals surface area contributed by atoms with Gasteiger partial charge in [0.25, 0.3) is 0 Å². The van der Waals surface area contributed by atoms with Crippen molar-refractivity contribution in [1.82, 2.24) is 10.3 Å². The van der Waals surface area contributed by atoms with Crippen LogP contribution in [0.1, 0.15) is 63.6 Å². The summed E-state index contributed by atoms with van der Waals surface area (Å²) in [4.78, 5) is 4.35. The quantitative estimate of drug-likeness (QED) is 0.859. The first-order valence-electron chi connectivity index (χ1n) is 8.40. The molecule has 1 heterocycles. The van der Waals surface area contributed by atoms with E-state index in [1.165, 1.54) is 24.0 Å². The summed E-state index contributed by atoms with van der Waals surface area (Å²) in [6.07, 6.45) is 8.66. The number of likely N-dealkylation sites (N-methyl/N-ethyl adjacent to an activating group) is 1. The number of hydrogen-bond donors (Lipinski definition) is 1. The van der Waals surface area contributed by atoms with E-state index in [9.17, 15) is 0 Å². The van der Waals surface area contributed by atoms with Crippen LogP contribution < -0.4 is 5.32 Å². The van der Waals surface area contributed by atoms with Crippen LogP contribution >= 0.6 is 0 Å². The molecule has 1 aromatic heterocycles. The van der Waals surface area contributed by atoms with Crippen molar-refractivity contribution in [2.75, 3.05) is 13.2 Å². The number of ether oxygens (including phenoxy) is 1. The molecular formula is C18H30N2O. The maximum absolute atomic E-state index is 6.35. The molecule has 1 N–H and O–H groups in total. The van der Waals surface area contributed by atoms with Crippen molar-refractivity contribution in [3.63, 3.8) is 0 Å². The lowest BCUT2D eigenvalue weighted by atomic mass is 9.73. The fraction of sp³-hybridized carbons (Fsp3) is 0.722. The van der Waals surface area contributed by atoms with Gasteiger partial charge >= 0.3 is 0 Å². The first-order chi connectivity index (χ1) is 10.1. The summed E-state index contributed by atoms with van der Waals surface area (Å²) in [5.74, 6) is 0.816. The second-order valence-electron chi connectivity index (χ2n) is 6.40. The Kier molecular flexibility index (Phi) is 5.77. The molecule has 1 aliphatic carbocycles. The average Bonchev–Trinajstić information content (AvgIpc) is 2.49. The Morgan fingerprint density at radius 1 is 1.38 bits per heavy atom. The van der Waals surface area contributed by atoms with Gasteiger partial charge in [-0.1, -0.05) is 13.8 Å². The highest BCUT2D eigenvalue weighted by atomic mass is 16.5. The van der Waals surface area contributed by atoms with E-state index in [2.05, 4.69) is 44.1 Å². The number of nitrogens with one attached hydrogen (secondary N) is 1. The first kappa shape index (κ1) is 16.4. The Labute approximate surface area is 129 Å². The molecule has 1 unspecified atom stereocenters. The van der Waals surface area contributed by atoms with Gasteiger partial charge in [0.15, 0.2) is 0 Å². The number of rotatable bonds is 6. The molecule has 0 aliphatic heterocycles. The third-order valence-corrected chi connectivity index (χ3v) is 4.88. The Balaban J connectivity index is 2.35. The summed E-state index contributed by atoms with van der Waals surface area (Å²) in [5.41, 5.74) is 2.52. The van der Waals surface area contributed by atoms with Crippen molar-refractivity contribution in [2.45, 2.75) is 65.0 Å². The fourth-order valence-electron chi connectivity index (χ4n) is 3.62. The Bertz CT molecular complexity index is 439. The van der Waals surface area contributed by atoms with Crippen molar-refractivity contribution in [2.24, 2.45) is 5.92 Å². The van der Waals surface area contributed by atoms with Gasteiger partial charge in [-0.15, -0.1) is 0 Å². The highest BCUT2D eigenvalue weighted by Crippen LogP contribution is 2.43. The van der Waals surface area contributed by atoms with Crippen molar-refractivity contribution in [1.29, 1.82) is 0 Å². The predicted molar refractivity (Wildman–Crippen MR) is 87.4 cm³/mol. The van der Waals surface area contributed by atoms with Gasteiger partial charge in [-0.3, -0.25) is 4.98 Å². The lowest BCUT2D eigenvalue weighted by Crippen LogP contribution is -2.48. The van der Waals surface area contributed by atoms with Gasteiger partial charge in [0.05, 0.1) is 11.6 Å². The van der Waals surface area contributed by atoms with Crippen LogP contribution in [0.3, 0.4) is 0 Å². The molecule has 3 nitrogen and oxygen atoms in total. The lowest BCUT2D eigenvalue weighted by Gasteiger charge is -2.45. The predicted octanol–water partition coefficient (Wildman–Crippen LogP) is 4.03. The minimum absolute atomic E-state index is 0.0783. The topological polar surface area (TPSA) is 34.2 Å². The SMILES string of the molecule is CCNC(c1cnccc1C)C1(OCC)CCC(C)CC1. The van der Waals surface area contributed by atoms with Crippen LogP contribution in [0.5, 0.6) is 0 Å². The second-order valence-corrected chi connectivity index (χ2v) is 6.40. The first-order valence-corrected chi connectivity index (χ1v) is 8.40. The molecular weight excluding hydrogens is 260 g/mol. The maximum Gasteiger partial charge on any atom is 0.0877 e. The third-order valence-electron chi connectivity index (χ3n) is 4.88. The number of nitrogens with zero attached hydrogens (tertiary/aromatic N) is 1. The molecule has 1 saturated carbocycles. The van der Waals surface area contributed by atoms with Crippen molar-refractivity contribution >= 4 is 0 Å². The number of aromatic nitrogens is 1. The third kappa shape index (κ3) is 3.64. The highest BCUT2D eigenvalue weighted by molar-refractivity contribution is 5.28. The standard InChI is InChI=1S/C18H30N2O/c1-5-20-17(16-13-19-12-9-15(16)4)18(21-6-2)10-7-14(3)8-11-18/h9,12-14,17,20H,5-8,10-11H2,1-4H3.